The monoisotopic (exact) mass is 430 g/mol. The summed E-state index contributed by atoms with van der Waals surface area (Å²) in [6.07, 6.45) is 2.95. The Morgan fingerprint density at radius 2 is 1.81 bits per heavy atom. The van der Waals surface area contributed by atoms with E-state index in [2.05, 4.69) is 20.4 Å². The Morgan fingerprint density at radius 1 is 1.09 bits per heavy atom. The predicted octanol–water partition coefficient (Wildman–Crippen LogP) is 2.99. The molecule has 2 heterocycles. The molecule has 0 unspecified atom stereocenters. The van der Waals surface area contributed by atoms with Gasteiger partial charge >= 0.3 is 5.97 Å². The molecule has 4 rings (SSSR count). The lowest BCUT2D eigenvalue weighted by atomic mass is 9.93. The van der Waals surface area contributed by atoms with E-state index in [0.717, 1.165) is 5.56 Å². The second kappa shape index (κ2) is 8.18. The number of rotatable bonds is 4. The van der Waals surface area contributed by atoms with Crippen molar-refractivity contribution < 1.29 is 9.53 Å². The lowest BCUT2D eigenvalue weighted by Gasteiger charge is -2.16. The lowest BCUT2D eigenvalue weighted by Crippen LogP contribution is -2.33. The van der Waals surface area contributed by atoms with Crippen LogP contribution in [0.3, 0.4) is 0 Å². The lowest BCUT2D eigenvalue weighted by molar-refractivity contribution is 0.0734. The van der Waals surface area contributed by atoms with E-state index in [9.17, 15) is 9.59 Å². The summed E-state index contributed by atoms with van der Waals surface area (Å²) in [6, 6.07) is 14.1. The molecule has 0 atom stereocenters. The van der Waals surface area contributed by atoms with Crippen molar-refractivity contribution in [1.82, 2.24) is 24.5 Å². The van der Waals surface area contributed by atoms with Gasteiger partial charge in [-0.25, -0.2) is 4.79 Å². The molecule has 0 aliphatic rings. The Bertz CT molecular complexity index is 1380. The maximum atomic E-state index is 12.9. The molecule has 0 N–H and O–H groups in total. The van der Waals surface area contributed by atoms with Crippen molar-refractivity contribution in [2.45, 2.75) is 33.1 Å². The van der Waals surface area contributed by atoms with Crippen LogP contribution in [0.2, 0.25) is 0 Å². The van der Waals surface area contributed by atoms with Crippen molar-refractivity contribution >= 4 is 18.0 Å². The summed E-state index contributed by atoms with van der Waals surface area (Å²) >= 11 is 0. The number of aromatic nitrogens is 5. The van der Waals surface area contributed by atoms with Gasteiger partial charge in [0, 0.05) is 5.41 Å². The molecule has 0 radical (unpaired) electrons. The largest absolute Gasteiger partial charge is 0.423 e. The number of esters is 1. The first-order chi connectivity index (χ1) is 15.2. The number of hydrogen-bond acceptors (Lipinski definition) is 7. The summed E-state index contributed by atoms with van der Waals surface area (Å²) in [4.78, 5) is 25.3. The molecule has 0 saturated heterocycles. The summed E-state index contributed by atoms with van der Waals surface area (Å²) < 4.78 is 8.05. The highest BCUT2D eigenvalue weighted by Crippen LogP contribution is 2.17. The third kappa shape index (κ3) is 4.18. The number of benzene rings is 2. The zero-order chi connectivity index (χ0) is 22.9. The van der Waals surface area contributed by atoms with Gasteiger partial charge in [-0.2, -0.15) is 19.4 Å². The van der Waals surface area contributed by atoms with E-state index in [-0.39, 0.29) is 11.3 Å². The van der Waals surface area contributed by atoms with Gasteiger partial charge in [-0.3, -0.25) is 4.79 Å². The fraction of sp³-hybridized carbons (Fsp3) is 0.217. The maximum Gasteiger partial charge on any atom is 0.343 e. The van der Waals surface area contributed by atoms with E-state index in [0.29, 0.717) is 22.6 Å². The first-order valence-corrected chi connectivity index (χ1v) is 10.00. The number of aryl methyl sites for hydroxylation is 1. The SMILES string of the molecule is Cc1ccccc1C(=O)Oc1ccc(C=Nn2c(=O)c(C(C)(C)C)nn3cnnc23)cc1. The van der Waals surface area contributed by atoms with Crippen LogP contribution in [-0.4, -0.2) is 36.7 Å². The Kier molecular flexibility index (Phi) is 5.40. The average Bonchev–Trinajstić information content (AvgIpc) is 3.22. The second-order valence-corrected chi connectivity index (χ2v) is 8.31. The van der Waals surface area contributed by atoms with Gasteiger partial charge in [0.15, 0.2) is 0 Å². The van der Waals surface area contributed by atoms with Crippen molar-refractivity contribution in [2.75, 3.05) is 0 Å². The van der Waals surface area contributed by atoms with Crippen molar-refractivity contribution in [1.29, 1.82) is 0 Å². The van der Waals surface area contributed by atoms with Gasteiger partial charge in [-0.05, 0) is 48.4 Å². The Balaban J connectivity index is 1.59. The van der Waals surface area contributed by atoms with E-state index in [4.69, 9.17) is 4.74 Å². The van der Waals surface area contributed by atoms with Crippen LogP contribution in [0.1, 0.15) is 48.0 Å². The van der Waals surface area contributed by atoms with Gasteiger partial charge in [0.2, 0.25) is 0 Å². The molecule has 0 aliphatic carbocycles. The zero-order valence-electron chi connectivity index (χ0n) is 18.2. The summed E-state index contributed by atoms with van der Waals surface area (Å²) in [5.41, 5.74) is 1.58. The third-order valence-corrected chi connectivity index (χ3v) is 4.79. The second-order valence-electron chi connectivity index (χ2n) is 8.31. The van der Waals surface area contributed by atoms with Gasteiger partial charge in [0.25, 0.3) is 11.3 Å². The van der Waals surface area contributed by atoms with Crippen molar-refractivity contribution in [2.24, 2.45) is 5.10 Å². The van der Waals surface area contributed by atoms with Crippen LogP contribution in [0.15, 0.2) is 64.8 Å². The van der Waals surface area contributed by atoms with Gasteiger partial charge in [-0.15, -0.1) is 10.2 Å². The van der Waals surface area contributed by atoms with Crippen LogP contribution in [0.5, 0.6) is 5.75 Å². The van der Waals surface area contributed by atoms with Gasteiger partial charge in [0.05, 0.1) is 11.8 Å². The topological polar surface area (TPSA) is 104 Å². The molecule has 0 fully saturated rings. The molecule has 2 aromatic carbocycles. The van der Waals surface area contributed by atoms with E-state index < -0.39 is 11.4 Å². The zero-order valence-corrected chi connectivity index (χ0v) is 18.2. The highest BCUT2D eigenvalue weighted by molar-refractivity contribution is 5.92. The highest BCUT2D eigenvalue weighted by atomic mass is 16.5. The smallest absolute Gasteiger partial charge is 0.343 e. The standard InChI is InChI=1S/C23H22N6O3/c1-15-7-5-6-8-18(15)21(31)32-17-11-9-16(10-12-17)13-25-29-20(30)19(23(2,3)4)27-28-14-24-26-22(28)29/h5-14H,1-4H3. The van der Waals surface area contributed by atoms with Crippen LogP contribution >= 0.6 is 0 Å². The van der Waals surface area contributed by atoms with Crippen LogP contribution in [-0.2, 0) is 5.41 Å². The minimum absolute atomic E-state index is 0.211. The van der Waals surface area contributed by atoms with E-state index in [1.807, 2.05) is 39.8 Å². The van der Waals surface area contributed by atoms with Crippen LogP contribution in [0, 0.1) is 6.92 Å². The van der Waals surface area contributed by atoms with Gasteiger partial charge in [-0.1, -0.05) is 39.0 Å². The first-order valence-electron chi connectivity index (χ1n) is 10.00. The van der Waals surface area contributed by atoms with Crippen molar-refractivity contribution in [3.63, 3.8) is 0 Å². The minimum Gasteiger partial charge on any atom is -0.423 e. The molecule has 9 heteroatoms. The maximum absolute atomic E-state index is 12.9. The Labute approximate surface area is 184 Å². The Morgan fingerprint density at radius 3 is 2.50 bits per heavy atom. The number of hydrogen-bond donors (Lipinski definition) is 0. The fourth-order valence-electron chi connectivity index (χ4n) is 3.06. The minimum atomic E-state index is -0.477. The molecule has 9 nitrogen and oxygen atoms in total. The van der Waals surface area contributed by atoms with Crippen LogP contribution in [0.4, 0.5) is 0 Å². The van der Waals surface area contributed by atoms with Gasteiger partial charge < -0.3 is 4.74 Å². The molecule has 0 bridgehead atoms. The molecule has 4 aromatic rings. The predicted molar refractivity (Wildman–Crippen MR) is 119 cm³/mol. The fourth-order valence-corrected chi connectivity index (χ4v) is 3.06. The summed E-state index contributed by atoms with van der Waals surface area (Å²) in [5.74, 6) is 0.200. The molecule has 0 amide bonds. The quantitative estimate of drug-likeness (QED) is 0.280. The number of ether oxygens (including phenoxy) is 1. The van der Waals surface area contributed by atoms with E-state index >= 15 is 0 Å². The number of carbonyl (C=O) groups excluding carboxylic acids is 1. The first kappa shape index (κ1) is 21.1. The van der Waals surface area contributed by atoms with Crippen molar-refractivity contribution in [3.8, 4) is 5.75 Å². The Hall–Kier alpha value is -4.14. The normalized spacial score (nSPS) is 11.9. The third-order valence-electron chi connectivity index (χ3n) is 4.79. The number of nitrogens with zero attached hydrogens (tertiary/aromatic N) is 6. The van der Waals surface area contributed by atoms with Crippen molar-refractivity contribution in [3.05, 3.63) is 87.6 Å². The molecule has 0 spiro atoms. The number of fused-ring (bicyclic) bond motifs is 1. The molecular weight excluding hydrogens is 408 g/mol. The summed E-state index contributed by atoms with van der Waals surface area (Å²) in [5, 5.41) is 16.4. The summed E-state index contributed by atoms with van der Waals surface area (Å²) in [6.45, 7) is 7.56. The van der Waals surface area contributed by atoms with E-state index in [1.54, 1.807) is 36.4 Å². The molecule has 2 aromatic heterocycles. The van der Waals surface area contributed by atoms with E-state index in [1.165, 1.54) is 21.7 Å². The summed E-state index contributed by atoms with van der Waals surface area (Å²) in [7, 11) is 0. The highest BCUT2D eigenvalue weighted by Gasteiger charge is 2.23. The molecule has 32 heavy (non-hydrogen) atoms. The molecule has 0 saturated carbocycles. The van der Waals surface area contributed by atoms with Gasteiger partial charge in [0.1, 0.15) is 17.8 Å². The average molecular weight is 430 g/mol. The van der Waals surface area contributed by atoms with Crippen LogP contribution in [0.25, 0.3) is 5.78 Å². The molecule has 0 aliphatic heterocycles. The molecular formula is C23H22N6O3. The van der Waals surface area contributed by atoms with Crippen LogP contribution < -0.4 is 10.3 Å². The number of carbonyl (C=O) groups is 1. The molecule has 162 valence electrons.